The molecule has 0 saturated carbocycles. The van der Waals surface area contributed by atoms with E-state index in [9.17, 15) is 0 Å². The lowest BCUT2D eigenvalue weighted by atomic mass is 10.2. The zero-order valence-corrected chi connectivity index (χ0v) is 16.6. The Labute approximate surface area is 164 Å². The van der Waals surface area contributed by atoms with Crippen molar-refractivity contribution in [3.05, 3.63) is 90.5 Å². The molecule has 124 valence electrons. The van der Waals surface area contributed by atoms with Crippen LogP contribution in [0.1, 0.15) is 5.56 Å². The molecule has 0 nitrogen and oxygen atoms in total. The number of rotatable bonds is 3. The summed E-state index contributed by atoms with van der Waals surface area (Å²) in [5, 5.41) is 3.53. The Balaban J connectivity index is 0.00000208. The zero-order chi connectivity index (χ0) is 16.3. The van der Waals surface area contributed by atoms with E-state index in [1.54, 1.807) is 0 Å². The summed E-state index contributed by atoms with van der Waals surface area (Å²) in [5.41, 5.74) is 0.740. The minimum Gasteiger partial charge on any atom is -0.147 e. The molecule has 0 aliphatic rings. The normalized spacial score (nSPS) is 11.2. The Morgan fingerprint density at radius 2 is 1.00 bits per heavy atom. The predicted octanol–water partition coefficient (Wildman–Crippen LogP) is 5.69. The van der Waals surface area contributed by atoms with E-state index in [0.29, 0.717) is 0 Å². The zero-order valence-electron chi connectivity index (χ0n) is 12.6. The summed E-state index contributed by atoms with van der Waals surface area (Å²) in [5.74, 6) is 0. The molecule has 0 radical (unpaired) electrons. The first-order chi connectivity index (χ1) is 11.1. The maximum Gasteiger partial charge on any atom is 0.216 e. The molecule has 0 amide bonds. The van der Waals surface area contributed by atoms with E-state index in [1.807, 2.05) is 54.6 Å². The quantitative estimate of drug-likeness (QED) is 0.380. The smallest absolute Gasteiger partial charge is 0.147 e. The molecule has 5 heteroatoms. The van der Waals surface area contributed by atoms with Crippen molar-refractivity contribution in [1.29, 1.82) is 0 Å². The minimum atomic E-state index is -1.44. The molecule has 0 spiro atoms. The Hall–Kier alpha value is -0.750. The second kappa shape index (κ2) is 8.56. The molecule has 0 heterocycles. The lowest BCUT2D eigenvalue weighted by Gasteiger charge is -2.24. The van der Waals surface area contributed by atoms with Gasteiger partial charge in [0, 0.05) is 5.56 Å². The van der Waals surface area contributed by atoms with E-state index in [1.165, 1.54) is 10.6 Å². The van der Waals surface area contributed by atoms with Gasteiger partial charge in [-0.1, -0.05) is 120 Å². The molecule has 0 fully saturated rings. The summed E-state index contributed by atoms with van der Waals surface area (Å²) in [4.78, 5) is 0. The third-order valence-electron chi connectivity index (χ3n) is 3.48. The summed E-state index contributed by atoms with van der Waals surface area (Å²) < 4.78 is -1.44. The highest BCUT2D eigenvalue weighted by atomic mass is 35.6. The molecule has 0 unspecified atom stereocenters. The van der Waals surface area contributed by atoms with Gasteiger partial charge in [0.25, 0.3) is 0 Å². The number of halogens is 4. The average molecular weight is 416 g/mol. The molecule has 0 saturated heterocycles. The van der Waals surface area contributed by atoms with Gasteiger partial charge in [-0.05, 0) is 23.8 Å². The summed E-state index contributed by atoms with van der Waals surface area (Å²) in [6.45, 7) is 0. The monoisotopic (exact) mass is 414 g/mol. The van der Waals surface area contributed by atoms with E-state index < -0.39 is 11.7 Å². The standard InChI is InChI=1S/C19H14Cl3P.ClH/c20-19(21,22)17-13-7-8-14-18(17)23(15-9-3-1-4-10-15)16-11-5-2-6-12-16;/h1-14H;1H. The van der Waals surface area contributed by atoms with Gasteiger partial charge in [0.15, 0.2) is 0 Å². The first-order valence-electron chi connectivity index (χ1n) is 7.14. The van der Waals surface area contributed by atoms with Crippen LogP contribution in [-0.4, -0.2) is 0 Å². The van der Waals surface area contributed by atoms with Crippen molar-refractivity contribution in [3.8, 4) is 0 Å². The van der Waals surface area contributed by atoms with Crippen LogP contribution in [0.15, 0.2) is 84.9 Å². The minimum absolute atomic E-state index is 0. The predicted molar refractivity (Wildman–Crippen MR) is 112 cm³/mol. The van der Waals surface area contributed by atoms with Crippen LogP contribution in [0.25, 0.3) is 0 Å². The van der Waals surface area contributed by atoms with E-state index in [2.05, 4.69) is 30.3 Å². The molecule has 3 rings (SSSR count). The molecule has 24 heavy (non-hydrogen) atoms. The van der Waals surface area contributed by atoms with Crippen molar-refractivity contribution in [1.82, 2.24) is 0 Å². The van der Waals surface area contributed by atoms with Gasteiger partial charge in [0.1, 0.15) is 0 Å². The van der Waals surface area contributed by atoms with Gasteiger partial charge >= 0.3 is 0 Å². The molecular weight excluding hydrogens is 401 g/mol. The third kappa shape index (κ3) is 4.45. The highest BCUT2D eigenvalue weighted by Gasteiger charge is 2.29. The first kappa shape index (κ1) is 19.6. The number of hydrogen-bond donors (Lipinski definition) is 0. The highest BCUT2D eigenvalue weighted by Crippen LogP contribution is 2.43. The van der Waals surface area contributed by atoms with E-state index >= 15 is 0 Å². The summed E-state index contributed by atoms with van der Waals surface area (Å²) >= 11 is 18.7. The fourth-order valence-corrected chi connectivity index (χ4v) is 5.70. The van der Waals surface area contributed by atoms with Crippen LogP contribution >= 0.6 is 55.1 Å². The van der Waals surface area contributed by atoms with Crippen molar-refractivity contribution >= 4 is 71.0 Å². The second-order valence-electron chi connectivity index (χ2n) is 5.02. The van der Waals surface area contributed by atoms with Crippen molar-refractivity contribution in [2.45, 2.75) is 3.79 Å². The van der Waals surface area contributed by atoms with Crippen LogP contribution in [0, 0.1) is 0 Å². The molecule has 3 aromatic rings. The van der Waals surface area contributed by atoms with Gasteiger partial charge in [-0.3, -0.25) is 0 Å². The van der Waals surface area contributed by atoms with Crippen LogP contribution in [0.5, 0.6) is 0 Å². The number of hydrogen-bond acceptors (Lipinski definition) is 0. The Bertz CT molecular complexity index is 731. The van der Waals surface area contributed by atoms with Crippen LogP contribution in [0.2, 0.25) is 0 Å². The lowest BCUT2D eigenvalue weighted by Crippen LogP contribution is -2.25. The molecule has 3 aromatic carbocycles. The van der Waals surface area contributed by atoms with Crippen molar-refractivity contribution < 1.29 is 0 Å². The van der Waals surface area contributed by atoms with Gasteiger partial charge in [-0.2, -0.15) is 0 Å². The Morgan fingerprint density at radius 1 is 0.583 bits per heavy atom. The average Bonchev–Trinajstić information content (AvgIpc) is 2.57. The first-order valence-corrected chi connectivity index (χ1v) is 9.61. The molecule has 0 bridgehead atoms. The second-order valence-corrected chi connectivity index (χ2v) is 9.49. The molecule has 0 N–H and O–H groups in total. The lowest BCUT2D eigenvalue weighted by molar-refractivity contribution is 1.26. The maximum absolute atomic E-state index is 6.22. The van der Waals surface area contributed by atoms with Crippen LogP contribution in [0.4, 0.5) is 0 Å². The molecule has 0 aromatic heterocycles. The molecule has 0 atom stereocenters. The van der Waals surface area contributed by atoms with Crippen LogP contribution < -0.4 is 15.9 Å². The van der Waals surface area contributed by atoms with Crippen LogP contribution in [-0.2, 0) is 3.79 Å². The Morgan fingerprint density at radius 3 is 1.46 bits per heavy atom. The summed E-state index contributed by atoms with van der Waals surface area (Å²) in [6, 6.07) is 28.6. The van der Waals surface area contributed by atoms with Crippen LogP contribution in [0.3, 0.4) is 0 Å². The van der Waals surface area contributed by atoms with Crippen molar-refractivity contribution in [3.63, 3.8) is 0 Å². The topological polar surface area (TPSA) is 0 Å². The summed E-state index contributed by atoms with van der Waals surface area (Å²) in [7, 11) is -0.784. The maximum atomic E-state index is 6.22. The number of alkyl halides is 3. The highest BCUT2D eigenvalue weighted by molar-refractivity contribution is 7.80. The largest absolute Gasteiger partial charge is 0.216 e. The molecule has 0 aliphatic carbocycles. The molecule has 0 aliphatic heterocycles. The van der Waals surface area contributed by atoms with E-state index in [4.69, 9.17) is 34.8 Å². The van der Waals surface area contributed by atoms with Gasteiger partial charge in [0.05, 0.1) is 0 Å². The fourth-order valence-electron chi connectivity index (χ4n) is 2.49. The van der Waals surface area contributed by atoms with Crippen molar-refractivity contribution in [2.24, 2.45) is 0 Å². The van der Waals surface area contributed by atoms with Gasteiger partial charge < -0.3 is 0 Å². The molecular formula is C19H15Cl4P. The fraction of sp³-hybridized carbons (Fsp3) is 0.0526. The van der Waals surface area contributed by atoms with E-state index in [0.717, 1.165) is 10.9 Å². The summed E-state index contributed by atoms with van der Waals surface area (Å²) in [6.07, 6.45) is 0. The van der Waals surface area contributed by atoms with Crippen molar-refractivity contribution in [2.75, 3.05) is 0 Å². The van der Waals surface area contributed by atoms with Gasteiger partial charge in [-0.15, -0.1) is 12.4 Å². The third-order valence-corrected chi connectivity index (χ3v) is 6.59. The van der Waals surface area contributed by atoms with E-state index in [-0.39, 0.29) is 12.4 Å². The Kier molecular flexibility index (Phi) is 6.99. The van der Waals surface area contributed by atoms with Gasteiger partial charge in [-0.25, -0.2) is 0 Å². The number of benzene rings is 3. The SMILES string of the molecule is Cl.ClC(Cl)(Cl)c1ccccc1P(c1ccccc1)c1ccccc1. The van der Waals surface area contributed by atoms with Gasteiger partial charge in [0.2, 0.25) is 3.79 Å².